The van der Waals surface area contributed by atoms with Gasteiger partial charge in [0.2, 0.25) is 0 Å². The van der Waals surface area contributed by atoms with E-state index in [0.29, 0.717) is 5.75 Å². The van der Waals surface area contributed by atoms with Crippen LogP contribution in [0.4, 0.5) is 0 Å². The van der Waals surface area contributed by atoms with Crippen LogP contribution in [0.5, 0.6) is 0 Å². The molecule has 0 unspecified atom stereocenters. The Hall–Kier alpha value is -1.68. The lowest BCUT2D eigenvalue weighted by atomic mass is 10.3. The van der Waals surface area contributed by atoms with E-state index in [1.165, 1.54) is 0 Å². The van der Waals surface area contributed by atoms with Gasteiger partial charge < -0.3 is 14.7 Å². The first kappa shape index (κ1) is 20.1. The van der Waals surface area contributed by atoms with Gasteiger partial charge in [0, 0.05) is 0 Å². The molecule has 144 valence electrons. The summed E-state index contributed by atoms with van der Waals surface area (Å²) in [6, 6.07) is 28.7. The van der Waals surface area contributed by atoms with Gasteiger partial charge in [-0.2, -0.15) is 0 Å². The molecule has 0 radical (unpaired) electrons. The molecule has 3 N–H and O–H groups in total. The second-order valence-electron chi connectivity index (χ2n) is 6.65. The third-order valence-corrected chi connectivity index (χ3v) is 16.9. The van der Waals surface area contributed by atoms with Crippen LogP contribution < -0.4 is 0 Å². The van der Waals surface area contributed by atoms with Crippen LogP contribution in [0.25, 0.3) is 0 Å². The number of rotatable bonds is 6. The van der Waals surface area contributed by atoms with Crippen molar-refractivity contribution in [2.24, 2.45) is 0 Å². The Balaban J connectivity index is 2.68. The molecular formula is C22H27O3PS. The summed E-state index contributed by atoms with van der Waals surface area (Å²) < 4.78 is 0. The van der Waals surface area contributed by atoms with Gasteiger partial charge in [0.15, 0.2) is 0 Å². The molecule has 0 aliphatic heterocycles. The van der Waals surface area contributed by atoms with Crippen molar-refractivity contribution in [1.82, 2.24) is 0 Å². The molecule has 0 aliphatic carbocycles. The zero-order valence-corrected chi connectivity index (χ0v) is 17.2. The van der Waals surface area contributed by atoms with Crippen molar-refractivity contribution in [2.45, 2.75) is 34.5 Å². The number of hydrogen-bond donors (Lipinski definition) is 3. The van der Waals surface area contributed by atoms with Crippen molar-refractivity contribution in [3.05, 3.63) is 91.0 Å². The maximum absolute atomic E-state index is 11.2. The fourth-order valence-electron chi connectivity index (χ4n) is 3.87. The smallest absolute Gasteiger partial charge is 0.273 e. The molecule has 3 aromatic rings. The number of hydrogen-bond acceptors (Lipinski definition) is 0. The van der Waals surface area contributed by atoms with Gasteiger partial charge in [-0.1, -0.05) is 67.9 Å². The summed E-state index contributed by atoms with van der Waals surface area (Å²) in [4.78, 5) is 36.1. The Bertz CT molecular complexity index is 865. The van der Waals surface area contributed by atoms with Crippen LogP contribution in [0.2, 0.25) is 0 Å². The van der Waals surface area contributed by atoms with Crippen molar-refractivity contribution in [1.29, 1.82) is 0 Å². The highest BCUT2D eigenvalue weighted by Gasteiger charge is 2.47. The SMILES string of the molecule is CCCCS(c1ccccc1)(c1ccccc1)(c1ccccc1)=P(O)(O)O. The molecule has 0 heterocycles. The Kier molecular flexibility index (Phi) is 5.76. The van der Waals surface area contributed by atoms with E-state index in [-0.39, 0.29) is 0 Å². The number of unbranched alkanes of at least 4 members (excludes halogenated alkanes) is 1. The van der Waals surface area contributed by atoms with Crippen LogP contribution >= 0.6 is 6.72 Å². The van der Waals surface area contributed by atoms with E-state index in [9.17, 15) is 14.7 Å². The summed E-state index contributed by atoms with van der Waals surface area (Å²) in [6.07, 6.45) is 1.66. The Morgan fingerprint density at radius 1 is 0.630 bits per heavy atom. The summed E-state index contributed by atoms with van der Waals surface area (Å²) >= 11 is 0. The van der Waals surface area contributed by atoms with Crippen LogP contribution in [0, 0.1) is 0 Å². The Morgan fingerprint density at radius 3 is 1.22 bits per heavy atom. The molecule has 0 aromatic heterocycles. The van der Waals surface area contributed by atoms with Gasteiger partial charge in [-0.25, -0.2) is 0 Å². The third-order valence-electron chi connectivity index (χ3n) is 5.19. The average Bonchev–Trinajstić information content (AvgIpc) is 2.70. The summed E-state index contributed by atoms with van der Waals surface area (Å²) in [5.74, 6) is 0.489. The molecule has 0 bridgehead atoms. The first-order valence-corrected chi connectivity index (χ1v) is 13.6. The largest absolute Gasteiger partial charge is 0.329 e. The third kappa shape index (κ3) is 2.93. The second kappa shape index (κ2) is 7.75. The summed E-state index contributed by atoms with van der Waals surface area (Å²) in [5.41, 5.74) is 0. The van der Waals surface area contributed by atoms with Crippen molar-refractivity contribution >= 4 is 15.1 Å². The van der Waals surface area contributed by atoms with Crippen molar-refractivity contribution in [3.63, 3.8) is 0 Å². The zero-order valence-electron chi connectivity index (χ0n) is 15.5. The van der Waals surface area contributed by atoms with Crippen LogP contribution in [-0.4, -0.2) is 20.4 Å². The lowest BCUT2D eigenvalue weighted by molar-refractivity contribution is 0.361. The fraction of sp³-hybridized carbons (Fsp3) is 0.182. The normalized spacial score (nSPS) is 13.7. The average molecular weight is 402 g/mol. The van der Waals surface area contributed by atoms with Crippen LogP contribution in [-0.2, 0) is 8.34 Å². The maximum Gasteiger partial charge on any atom is 0.273 e. The van der Waals surface area contributed by atoms with Gasteiger partial charge in [0.25, 0.3) is 6.72 Å². The van der Waals surface area contributed by atoms with Gasteiger partial charge in [-0.3, -0.25) is 0 Å². The highest BCUT2D eigenvalue weighted by molar-refractivity contribution is 8.51. The minimum atomic E-state index is -4.37. The first-order valence-electron chi connectivity index (χ1n) is 9.12. The molecule has 3 rings (SSSR count). The van der Waals surface area contributed by atoms with Crippen molar-refractivity contribution < 1.29 is 14.7 Å². The number of benzene rings is 3. The molecular weight excluding hydrogens is 375 g/mol. The van der Waals surface area contributed by atoms with Gasteiger partial charge in [-0.05, 0) is 63.3 Å². The van der Waals surface area contributed by atoms with E-state index in [4.69, 9.17) is 0 Å². The highest BCUT2D eigenvalue weighted by Crippen LogP contribution is 2.68. The van der Waals surface area contributed by atoms with E-state index >= 15 is 0 Å². The van der Waals surface area contributed by atoms with Crippen LogP contribution in [0.15, 0.2) is 106 Å². The maximum atomic E-state index is 11.2. The molecule has 27 heavy (non-hydrogen) atoms. The molecule has 3 nitrogen and oxygen atoms in total. The molecule has 0 fully saturated rings. The summed E-state index contributed by atoms with van der Waals surface area (Å²) in [7, 11) is -3.59. The van der Waals surface area contributed by atoms with E-state index < -0.39 is 15.1 Å². The van der Waals surface area contributed by atoms with Crippen LogP contribution in [0.1, 0.15) is 19.8 Å². The van der Waals surface area contributed by atoms with Gasteiger partial charge in [0.05, 0.1) is 0 Å². The van der Waals surface area contributed by atoms with Gasteiger partial charge in [-0.15, -0.1) is 8.34 Å². The quantitative estimate of drug-likeness (QED) is 0.490. The van der Waals surface area contributed by atoms with E-state index in [2.05, 4.69) is 6.92 Å². The van der Waals surface area contributed by atoms with Crippen molar-refractivity contribution in [3.8, 4) is 0 Å². The Labute approximate surface area is 161 Å². The molecule has 0 saturated carbocycles. The van der Waals surface area contributed by atoms with E-state index in [0.717, 1.165) is 27.5 Å². The molecule has 0 atom stereocenters. The van der Waals surface area contributed by atoms with E-state index in [1.807, 2.05) is 91.0 Å². The molecule has 0 amide bonds. The molecule has 0 saturated heterocycles. The van der Waals surface area contributed by atoms with Crippen molar-refractivity contribution in [2.75, 3.05) is 5.75 Å². The zero-order chi connectivity index (χ0) is 19.4. The lowest BCUT2D eigenvalue weighted by Gasteiger charge is -2.53. The summed E-state index contributed by atoms with van der Waals surface area (Å²) in [6.45, 7) is -2.30. The minimum Gasteiger partial charge on any atom is -0.329 e. The highest BCUT2D eigenvalue weighted by atomic mass is 32.6. The van der Waals surface area contributed by atoms with Crippen LogP contribution in [0.3, 0.4) is 0 Å². The first-order chi connectivity index (χ1) is 13.0. The standard InChI is InChI=1S/C22H27O3PS/c1-2-3-19-27(26(23,24)25,20-13-7-4-8-14-20,21-15-9-5-10-16-21)22-17-11-6-12-18-22/h4-18,23-25H,2-3,19H2,1H3. The molecule has 0 spiro atoms. The van der Waals surface area contributed by atoms with Gasteiger partial charge >= 0.3 is 0 Å². The topological polar surface area (TPSA) is 60.7 Å². The molecule has 5 heteroatoms. The lowest BCUT2D eigenvalue weighted by Crippen LogP contribution is -2.38. The second-order valence-corrected chi connectivity index (χ2v) is 15.7. The predicted molar refractivity (Wildman–Crippen MR) is 115 cm³/mol. The summed E-state index contributed by atoms with van der Waals surface area (Å²) in [5, 5.41) is 0. The van der Waals surface area contributed by atoms with E-state index in [1.54, 1.807) is 0 Å². The van der Waals surface area contributed by atoms with Gasteiger partial charge in [0.1, 0.15) is 0 Å². The Morgan fingerprint density at radius 2 is 0.963 bits per heavy atom. The monoisotopic (exact) mass is 402 g/mol. The predicted octanol–water partition coefficient (Wildman–Crippen LogP) is 5.31. The minimum absolute atomic E-state index is 0.489. The molecule has 0 aliphatic rings. The fourth-order valence-corrected chi connectivity index (χ4v) is 14.3. The molecule has 3 aromatic carbocycles.